The lowest BCUT2D eigenvalue weighted by Gasteiger charge is -2.34. The van der Waals surface area contributed by atoms with Crippen molar-refractivity contribution < 1.29 is 29.2 Å². The van der Waals surface area contributed by atoms with Gasteiger partial charge in [0.15, 0.2) is 0 Å². The van der Waals surface area contributed by atoms with Crippen molar-refractivity contribution in [2.75, 3.05) is 38.2 Å². The molecule has 1 aromatic heterocycles. The van der Waals surface area contributed by atoms with E-state index >= 15 is 0 Å². The third-order valence-electron chi connectivity index (χ3n) is 6.72. The molecular weight excluding hydrogens is 464 g/mol. The number of methoxy groups -OCH3 is 1. The van der Waals surface area contributed by atoms with Gasteiger partial charge in [0.25, 0.3) is 0 Å². The lowest BCUT2D eigenvalue weighted by atomic mass is 10.2. The molecule has 3 aromatic rings. The summed E-state index contributed by atoms with van der Waals surface area (Å²) < 4.78 is 16.8. The number of hydrogen-bond donors (Lipinski definition) is 2. The van der Waals surface area contributed by atoms with Crippen LogP contribution in [-0.4, -0.2) is 88.9 Å². The Bertz CT molecular complexity index is 1190. The number of amides is 1. The van der Waals surface area contributed by atoms with Gasteiger partial charge in [0, 0.05) is 39.7 Å². The molecule has 0 unspecified atom stereocenters. The lowest BCUT2D eigenvalue weighted by Crippen LogP contribution is -2.49. The van der Waals surface area contributed by atoms with Crippen molar-refractivity contribution in [3.05, 3.63) is 60.2 Å². The van der Waals surface area contributed by atoms with E-state index in [1.807, 2.05) is 59.5 Å². The van der Waals surface area contributed by atoms with Crippen molar-refractivity contribution in [2.24, 2.45) is 0 Å². The summed E-state index contributed by atoms with van der Waals surface area (Å²) in [5, 5.41) is 21.4. The number of aliphatic hydroxyl groups is 2. The van der Waals surface area contributed by atoms with Crippen molar-refractivity contribution >= 4 is 22.9 Å². The molecule has 1 aliphatic carbocycles. The van der Waals surface area contributed by atoms with Crippen molar-refractivity contribution in [3.63, 3.8) is 0 Å². The normalized spacial score (nSPS) is 24.2. The molecule has 2 fully saturated rings. The number of aromatic nitrogens is 2. The fraction of sp³-hybridized carbons (Fsp3) is 0.423. The summed E-state index contributed by atoms with van der Waals surface area (Å²) in [5.41, 5.74) is 1.65. The van der Waals surface area contributed by atoms with E-state index in [0.29, 0.717) is 55.3 Å². The van der Waals surface area contributed by atoms with E-state index in [0.717, 1.165) is 5.56 Å². The first-order valence-electron chi connectivity index (χ1n) is 12.1. The molecule has 190 valence electrons. The van der Waals surface area contributed by atoms with Gasteiger partial charge in [-0.2, -0.15) is 4.98 Å². The number of carbonyl (C=O) groups is 1. The summed E-state index contributed by atoms with van der Waals surface area (Å²) in [6.45, 7) is 2.26. The highest BCUT2D eigenvalue weighted by atomic mass is 16.6. The van der Waals surface area contributed by atoms with Crippen molar-refractivity contribution in [3.8, 4) is 5.88 Å². The van der Waals surface area contributed by atoms with E-state index in [4.69, 9.17) is 19.2 Å². The molecular formula is C26H30N4O6. The van der Waals surface area contributed by atoms with Gasteiger partial charge in [-0.05, 0) is 17.7 Å². The number of ether oxygens (including phenoxy) is 3. The summed E-state index contributed by atoms with van der Waals surface area (Å²) >= 11 is 0. The van der Waals surface area contributed by atoms with Gasteiger partial charge in [-0.25, -0.2) is 9.78 Å². The molecule has 2 aliphatic rings. The number of benzene rings is 2. The van der Waals surface area contributed by atoms with Crippen LogP contribution in [-0.2, 0) is 16.1 Å². The molecule has 0 radical (unpaired) electrons. The number of para-hydroxylation sites is 1. The Kier molecular flexibility index (Phi) is 7.17. The highest BCUT2D eigenvalue weighted by Gasteiger charge is 2.43. The van der Waals surface area contributed by atoms with Gasteiger partial charge in [-0.1, -0.05) is 42.5 Å². The highest BCUT2D eigenvalue weighted by Crippen LogP contribution is 2.31. The largest absolute Gasteiger partial charge is 0.471 e. The third kappa shape index (κ3) is 5.06. The zero-order valence-electron chi connectivity index (χ0n) is 20.1. The predicted molar refractivity (Wildman–Crippen MR) is 132 cm³/mol. The molecule has 10 heteroatoms. The highest BCUT2D eigenvalue weighted by molar-refractivity contribution is 5.84. The predicted octanol–water partition coefficient (Wildman–Crippen LogP) is 1.98. The smallest absolute Gasteiger partial charge is 0.410 e. The second-order valence-corrected chi connectivity index (χ2v) is 9.01. The van der Waals surface area contributed by atoms with Crippen LogP contribution in [0.5, 0.6) is 5.88 Å². The minimum atomic E-state index is -1.09. The van der Waals surface area contributed by atoms with Gasteiger partial charge < -0.3 is 34.2 Å². The number of fused-ring (bicyclic) bond motifs is 1. The van der Waals surface area contributed by atoms with E-state index in [-0.39, 0.29) is 12.7 Å². The number of nitrogens with zero attached hydrogens (tertiary/aromatic N) is 4. The number of aliphatic hydroxyl groups excluding tert-OH is 2. The number of piperazine rings is 1. The van der Waals surface area contributed by atoms with E-state index in [2.05, 4.69) is 4.98 Å². The summed E-state index contributed by atoms with van der Waals surface area (Å²) in [6.07, 6.45) is -3.28. The number of carbonyl (C=O) groups excluding carboxylic acids is 1. The van der Waals surface area contributed by atoms with Crippen LogP contribution < -0.4 is 9.64 Å². The Hall–Kier alpha value is -3.47. The molecule has 0 bridgehead atoms. The Labute approximate surface area is 209 Å². The molecule has 1 aliphatic heterocycles. The Morgan fingerprint density at radius 1 is 0.944 bits per heavy atom. The van der Waals surface area contributed by atoms with Crippen molar-refractivity contribution in [1.82, 2.24) is 14.9 Å². The molecule has 1 saturated heterocycles. The summed E-state index contributed by atoms with van der Waals surface area (Å²) in [5.74, 6) is 0.825. The summed E-state index contributed by atoms with van der Waals surface area (Å²) in [6, 6.07) is 17.1. The Balaban J connectivity index is 1.27. The second kappa shape index (κ2) is 10.7. The number of rotatable bonds is 6. The zero-order valence-corrected chi connectivity index (χ0v) is 20.1. The van der Waals surface area contributed by atoms with Gasteiger partial charge in [0.2, 0.25) is 11.8 Å². The van der Waals surface area contributed by atoms with E-state index in [1.165, 1.54) is 7.11 Å². The van der Waals surface area contributed by atoms with Crippen molar-refractivity contribution in [1.29, 1.82) is 0 Å². The number of hydrogen-bond acceptors (Lipinski definition) is 9. The first kappa shape index (κ1) is 24.2. The lowest BCUT2D eigenvalue weighted by molar-refractivity contribution is -0.0483. The van der Waals surface area contributed by atoms with Crippen LogP contribution in [0.15, 0.2) is 54.6 Å². The molecule has 4 atom stereocenters. The van der Waals surface area contributed by atoms with E-state index < -0.39 is 24.4 Å². The standard InChI is InChI=1S/C26H30N4O6/c1-34-20-15-21(23(32)22(20)31)36-24-18-9-5-6-10-19(18)27-25(28-24)29-11-13-30(14-12-29)26(33)35-16-17-7-3-2-4-8-17/h2-10,20-23,31-32H,11-16H2,1H3/t20-,21+,22+,23-/m0/s1. The van der Waals surface area contributed by atoms with Gasteiger partial charge in [-0.15, -0.1) is 0 Å². The SMILES string of the molecule is CO[C@H]1C[C@@H](Oc2nc(N3CCN(C(=O)OCc4ccccc4)CC3)nc3ccccc23)[C@H](O)[C@@H]1O. The monoisotopic (exact) mass is 494 g/mol. The van der Waals surface area contributed by atoms with Gasteiger partial charge in [-0.3, -0.25) is 0 Å². The molecule has 2 aromatic carbocycles. The quantitative estimate of drug-likeness (QED) is 0.530. The van der Waals surface area contributed by atoms with Gasteiger partial charge in [0.05, 0.1) is 17.0 Å². The summed E-state index contributed by atoms with van der Waals surface area (Å²) in [7, 11) is 1.50. The molecule has 1 amide bonds. The molecule has 2 N–H and O–H groups in total. The third-order valence-corrected chi connectivity index (χ3v) is 6.72. The van der Waals surface area contributed by atoms with Gasteiger partial charge in [0.1, 0.15) is 24.9 Å². The molecule has 10 nitrogen and oxygen atoms in total. The van der Waals surface area contributed by atoms with Crippen LogP contribution in [0.1, 0.15) is 12.0 Å². The molecule has 5 rings (SSSR count). The molecule has 0 spiro atoms. The fourth-order valence-corrected chi connectivity index (χ4v) is 4.61. The first-order valence-corrected chi connectivity index (χ1v) is 12.1. The van der Waals surface area contributed by atoms with E-state index in [9.17, 15) is 15.0 Å². The van der Waals surface area contributed by atoms with Crippen LogP contribution in [0.25, 0.3) is 10.9 Å². The molecule has 1 saturated carbocycles. The van der Waals surface area contributed by atoms with Crippen LogP contribution >= 0.6 is 0 Å². The minimum Gasteiger partial charge on any atom is -0.471 e. The van der Waals surface area contributed by atoms with Crippen LogP contribution in [0.2, 0.25) is 0 Å². The molecule has 2 heterocycles. The fourth-order valence-electron chi connectivity index (χ4n) is 4.61. The van der Waals surface area contributed by atoms with Crippen LogP contribution in [0.3, 0.4) is 0 Å². The maximum absolute atomic E-state index is 12.5. The maximum Gasteiger partial charge on any atom is 0.410 e. The van der Waals surface area contributed by atoms with E-state index in [1.54, 1.807) is 4.90 Å². The van der Waals surface area contributed by atoms with Crippen LogP contribution in [0.4, 0.5) is 10.7 Å². The van der Waals surface area contributed by atoms with Crippen molar-refractivity contribution in [2.45, 2.75) is 37.4 Å². The second-order valence-electron chi connectivity index (χ2n) is 9.01. The minimum absolute atomic E-state index is 0.236. The maximum atomic E-state index is 12.5. The Morgan fingerprint density at radius 2 is 1.64 bits per heavy atom. The summed E-state index contributed by atoms with van der Waals surface area (Å²) in [4.78, 5) is 25.6. The average molecular weight is 495 g/mol. The van der Waals surface area contributed by atoms with Crippen LogP contribution in [0, 0.1) is 0 Å². The topological polar surface area (TPSA) is 117 Å². The average Bonchev–Trinajstić information content (AvgIpc) is 3.20. The number of anilines is 1. The Morgan fingerprint density at radius 3 is 2.36 bits per heavy atom. The first-order chi connectivity index (χ1) is 17.5. The van der Waals surface area contributed by atoms with Gasteiger partial charge >= 0.3 is 6.09 Å². The zero-order chi connectivity index (χ0) is 25.1. The molecule has 36 heavy (non-hydrogen) atoms.